The van der Waals surface area contributed by atoms with Gasteiger partial charge in [0.2, 0.25) is 0 Å². The standard InChI is InChI=1S/C19H25Cl2N3O/c1-3-4-7-24(2)11-15-10-22-23-18(15)14-8-16(20)19(17(21)9-14)25-12-13-5-6-13/h8-10,13H,3-7,11-12H2,1-2H3,(H,22,23). The van der Waals surface area contributed by atoms with Crippen LogP contribution in [0.3, 0.4) is 0 Å². The molecule has 1 saturated carbocycles. The van der Waals surface area contributed by atoms with Crippen LogP contribution in [0.4, 0.5) is 0 Å². The van der Waals surface area contributed by atoms with E-state index in [-0.39, 0.29) is 0 Å². The first-order valence-electron chi connectivity index (χ1n) is 8.91. The number of aromatic amines is 1. The second kappa shape index (κ2) is 8.43. The Morgan fingerprint density at radius 1 is 1.28 bits per heavy atom. The number of unbranched alkanes of at least 4 members (excludes halogenated alkanes) is 1. The fourth-order valence-electron chi connectivity index (χ4n) is 2.81. The summed E-state index contributed by atoms with van der Waals surface area (Å²) in [7, 11) is 2.13. The molecule has 0 aliphatic heterocycles. The van der Waals surface area contributed by atoms with Gasteiger partial charge in [-0.2, -0.15) is 5.10 Å². The summed E-state index contributed by atoms with van der Waals surface area (Å²) < 4.78 is 5.80. The van der Waals surface area contributed by atoms with Gasteiger partial charge in [0.15, 0.2) is 5.75 Å². The molecule has 0 saturated heterocycles. The Morgan fingerprint density at radius 2 is 2.00 bits per heavy atom. The number of hydrogen-bond acceptors (Lipinski definition) is 3. The summed E-state index contributed by atoms with van der Waals surface area (Å²) in [4.78, 5) is 2.30. The molecular formula is C19H25Cl2N3O. The Bertz CT molecular complexity index is 689. The number of benzene rings is 1. The summed E-state index contributed by atoms with van der Waals surface area (Å²) in [5.74, 6) is 1.24. The van der Waals surface area contributed by atoms with Gasteiger partial charge in [-0.3, -0.25) is 5.10 Å². The van der Waals surface area contributed by atoms with Gasteiger partial charge >= 0.3 is 0 Å². The van der Waals surface area contributed by atoms with Crippen molar-refractivity contribution >= 4 is 23.2 Å². The van der Waals surface area contributed by atoms with Gasteiger partial charge in [0.05, 0.1) is 28.5 Å². The molecule has 1 aliphatic carbocycles. The van der Waals surface area contributed by atoms with Crippen LogP contribution in [-0.2, 0) is 6.54 Å². The van der Waals surface area contributed by atoms with Crippen molar-refractivity contribution in [1.29, 1.82) is 0 Å². The Hall–Kier alpha value is -1.23. The number of nitrogens with zero attached hydrogens (tertiary/aromatic N) is 2. The monoisotopic (exact) mass is 381 g/mol. The molecule has 25 heavy (non-hydrogen) atoms. The Kier molecular flexibility index (Phi) is 6.26. The number of nitrogens with one attached hydrogen (secondary N) is 1. The number of halogens is 2. The maximum absolute atomic E-state index is 6.43. The van der Waals surface area contributed by atoms with E-state index in [4.69, 9.17) is 27.9 Å². The van der Waals surface area contributed by atoms with Crippen LogP contribution in [0, 0.1) is 5.92 Å². The van der Waals surface area contributed by atoms with Crippen molar-refractivity contribution in [3.63, 3.8) is 0 Å². The highest BCUT2D eigenvalue weighted by Crippen LogP contribution is 2.39. The number of rotatable bonds is 9. The van der Waals surface area contributed by atoms with Gasteiger partial charge < -0.3 is 9.64 Å². The summed E-state index contributed by atoms with van der Waals surface area (Å²) in [6, 6.07) is 3.80. The second-order valence-corrected chi connectivity index (χ2v) is 7.70. The molecule has 0 spiro atoms. The summed E-state index contributed by atoms with van der Waals surface area (Å²) in [5, 5.41) is 8.38. The second-order valence-electron chi connectivity index (χ2n) is 6.88. The van der Waals surface area contributed by atoms with Crippen molar-refractivity contribution < 1.29 is 4.74 Å². The van der Waals surface area contributed by atoms with Gasteiger partial charge in [0.1, 0.15) is 0 Å². The molecule has 0 bridgehead atoms. The minimum Gasteiger partial charge on any atom is -0.490 e. The van der Waals surface area contributed by atoms with E-state index in [0.29, 0.717) is 28.3 Å². The SMILES string of the molecule is CCCCN(C)Cc1cn[nH]c1-c1cc(Cl)c(OCC2CC2)c(Cl)c1. The lowest BCUT2D eigenvalue weighted by Gasteiger charge is -2.16. The molecule has 2 aromatic rings. The van der Waals surface area contributed by atoms with Crippen LogP contribution in [0.1, 0.15) is 38.2 Å². The molecule has 4 nitrogen and oxygen atoms in total. The predicted octanol–water partition coefficient (Wildman–Crippen LogP) is 5.40. The van der Waals surface area contributed by atoms with Gasteiger partial charge in [-0.1, -0.05) is 36.5 Å². The fraction of sp³-hybridized carbons (Fsp3) is 0.526. The third-order valence-electron chi connectivity index (χ3n) is 4.50. The molecule has 1 aromatic heterocycles. The van der Waals surface area contributed by atoms with Crippen molar-refractivity contribution in [1.82, 2.24) is 15.1 Å². The number of hydrogen-bond donors (Lipinski definition) is 1. The zero-order valence-corrected chi connectivity index (χ0v) is 16.3. The first-order valence-corrected chi connectivity index (χ1v) is 9.67. The minimum atomic E-state index is 0.544. The van der Waals surface area contributed by atoms with Crippen LogP contribution < -0.4 is 4.74 Å². The topological polar surface area (TPSA) is 41.2 Å². The fourth-order valence-corrected chi connectivity index (χ4v) is 3.40. The summed E-state index contributed by atoms with van der Waals surface area (Å²) in [6.07, 6.45) is 6.72. The van der Waals surface area contributed by atoms with Crippen molar-refractivity contribution in [2.24, 2.45) is 5.92 Å². The number of H-pyrrole nitrogens is 1. The van der Waals surface area contributed by atoms with Crippen LogP contribution in [0.2, 0.25) is 10.0 Å². The normalized spacial score (nSPS) is 14.3. The molecule has 1 aromatic carbocycles. The first-order chi connectivity index (χ1) is 12.1. The molecular weight excluding hydrogens is 357 g/mol. The lowest BCUT2D eigenvalue weighted by molar-refractivity contribution is 0.300. The molecule has 0 amide bonds. The van der Waals surface area contributed by atoms with Gasteiger partial charge in [-0.25, -0.2) is 0 Å². The minimum absolute atomic E-state index is 0.544. The molecule has 0 atom stereocenters. The van der Waals surface area contributed by atoms with E-state index in [1.54, 1.807) is 0 Å². The van der Waals surface area contributed by atoms with E-state index in [2.05, 4.69) is 29.1 Å². The quantitative estimate of drug-likeness (QED) is 0.631. The largest absolute Gasteiger partial charge is 0.490 e. The maximum Gasteiger partial charge on any atom is 0.156 e. The zero-order chi connectivity index (χ0) is 17.8. The average molecular weight is 382 g/mol. The highest BCUT2D eigenvalue weighted by Gasteiger charge is 2.23. The van der Waals surface area contributed by atoms with E-state index in [1.807, 2.05) is 18.3 Å². The van der Waals surface area contributed by atoms with Gasteiger partial charge in [0, 0.05) is 17.7 Å². The number of aromatic nitrogens is 2. The molecule has 1 heterocycles. The Labute approximate surface area is 159 Å². The highest BCUT2D eigenvalue weighted by atomic mass is 35.5. The zero-order valence-electron chi connectivity index (χ0n) is 14.8. The summed E-state index contributed by atoms with van der Waals surface area (Å²) in [6.45, 7) is 4.79. The molecule has 1 fully saturated rings. The van der Waals surface area contributed by atoms with Gasteiger partial charge in [-0.15, -0.1) is 0 Å². The molecule has 1 N–H and O–H groups in total. The van der Waals surface area contributed by atoms with Crippen molar-refractivity contribution in [2.75, 3.05) is 20.2 Å². The van der Waals surface area contributed by atoms with E-state index in [0.717, 1.165) is 29.9 Å². The van der Waals surface area contributed by atoms with E-state index >= 15 is 0 Å². The maximum atomic E-state index is 6.43. The van der Waals surface area contributed by atoms with Crippen LogP contribution in [0.5, 0.6) is 5.75 Å². The van der Waals surface area contributed by atoms with Crippen LogP contribution in [-0.4, -0.2) is 35.3 Å². The first kappa shape index (κ1) is 18.6. The molecule has 0 unspecified atom stereocenters. The lowest BCUT2D eigenvalue weighted by Crippen LogP contribution is -2.19. The van der Waals surface area contributed by atoms with Gasteiger partial charge in [-0.05, 0) is 50.9 Å². The molecule has 1 aliphatic rings. The Balaban J connectivity index is 1.76. The smallest absolute Gasteiger partial charge is 0.156 e. The average Bonchev–Trinajstić information content (AvgIpc) is 3.29. The summed E-state index contributed by atoms with van der Waals surface area (Å²) in [5.41, 5.74) is 3.03. The van der Waals surface area contributed by atoms with Crippen molar-refractivity contribution in [3.8, 4) is 17.0 Å². The van der Waals surface area contributed by atoms with E-state index in [9.17, 15) is 0 Å². The lowest BCUT2D eigenvalue weighted by atomic mass is 10.1. The van der Waals surface area contributed by atoms with Crippen molar-refractivity contribution in [2.45, 2.75) is 39.2 Å². The highest BCUT2D eigenvalue weighted by molar-refractivity contribution is 6.37. The third kappa shape index (κ3) is 4.90. The van der Waals surface area contributed by atoms with E-state index in [1.165, 1.54) is 25.7 Å². The van der Waals surface area contributed by atoms with Crippen LogP contribution in [0.25, 0.3) is 11.3 Å². The predicted molar refractivity (Wildman–Crippen MR) is 104 cm³/mol. The molecule has 6 heteroatoms. The molecule has 3 rings (SSSR count). The third-order valence-corrected chi connectivity index (χ3v) is 5.06. The van der Waals surface area contributed by atoms with E-state index < -0.39 is 0 Å². The van der Waals surface area contributed by atoms with Crippen molar-refractivity contribution in [3.05, 3.63) is 33.9 Å². The molecule has 0 radical (unpaired) electrons. The summed E-state index contributed by atoms with van der Waals surface area (Å²) >= 11 is 12.9. The van der Waals surface area contributed by atoms with Gasteiger partial charge in [0.25, 0.3) is 0 Å². The van der Waals surface area contributed by atoms with Crippen LogP contribution >= 0.6 is 23.2 Å². The number of ether oxygens (including phenoxy) is 1. The Morgan fingerprint density at radius 3 is 2.64 bits per heavy atom. The molecule has 136 valence electrons. The van der Waals surface area contributed by atoms with Crippen LogP contribution in [0.15, 0.2) is 18.3 Å².